The SMILES string of the molecule is CCC(C)(C)CCC(C)C1CC=C(C)CC1. The molecule has 1 rings (SSSR count). The summed E-state index contributed by atoms with van der Waals surface area (Å²) in [7, 11) is 0. The molecule has 1 aliphatic rings. The summed E-state index contributed by atoms with van der Waals surface area (Å²) in [6.45, 7) is 11.9. The summed E-state index contributed by atoms with van der Waals surface area (Å²) in [5.41, 5.74) is 2.16. The van der Waals surface area contributed by atoms with Crippen LogP contribution in [-0.2, 0) is 0 Å². The highest BCUT2D eigenvalue weighted by Crippen LogP contribution is 2.35. The van der Waals surface area contributed by atoms with Crippen LogP contribution in [0.15, 0.2) is 11.6 Å². The highest BCUT2D eigenvalue weighted by atomic mass is 14.3. The average Bonchev–Trinajstić information content (AvgIpc) is 2.27. The Labute approximate surface area is 103 Å². The smallest absolute Gasteiger partial charge is 0.0317 e. The van der Waals surface area contributed by atoms with Gasteiger partial charge in [-0.1, -0.05) is 45.8 Å². The Bertz CT molecular complexity index is 234. The van der Waals surface area contributed by atoms with Gasteiger partial charge in [0, 0.05) is 0 Å². The standard InChI is InChI=1S/C16H30/c1-6-16(4,5)12-11-14(3)15-9-7-13(2)8-10-15/h7,14-15H,6,8-12H2,1-5H3. The van der Waals surface area contributed by atoms with Gasteiger partial charge in [0.05, 0.1) is 0 Å². The Hall–Kier alpha value is -0.260. The lowest BCUT2D eigenvalue weighted by molar-refractivity contribution is 0.240. The zero-order chi connectivity index (χ0) is 12.2. The molecule has 0 heterocycles. The van der Waals surface area contributed by atoms with Crippen LogP contribution in [0.1, 0.15) is 73.1 Å². The van der Waals surface area contributed by atoms with Gasteiger partial charge in [-0.25, -0.2) is 0 Å². The summed E-state index contributed by atoms with van der Waals surface area (Å²) >= 11 is 0. The lowest BCUT2D eigenvalue weighted by atomic mass is 9.76. The lowest BCUT2D eigenvalue weighted by Gasteiger charge is -2.30. The first-order valence-electron chi connectivity index (χ1n) is 7.10. The van der Waals surface area contributed by atoms with Crippen molar-refractivity contribution in [2.75, 3.05) is 0 Å². The van der Waals surface area contributed by atoms with Gasteiger partial charge in [-0.2, -0.15) is 0 Å². The van der Waals surface area contributed by atoms with Crippen molar-refractivity contribution >= 4 is 0 Å². The van der Waals surface area contributed by atoms with Gasteiger partial charge in [-0.15, -0.1) is 0 Å². The minimum absolute atomic E-state index is 0.550. The number of hydrogen-bond donors (Lipinski definition) is 0. The van der Waals surface area contributed by atoms with Gasteiger partial charge in [-0.05, 0) is 56.3 Å². The summed E-state index contributed by atoms with van der Waals surface area (Å²) < 4.78 is 0. The molecule has 0 heteroatoms. The highest BCUT2D eigenvalue weighted by molar-refractivity contribution is 5.03. The lowest BCUT2D eigenvalue weighted by Crippen LogP contribution is -2.18. The molecule has 1 aliphatic carbocycles. The van der Waals surface area contributed by atoms with Crippen LogP contribution in [-0.4, -0.2) is 0 Å². The van der Waals surface area contributed by atoms with Crippen molar-refractivity contribution in [1.29, 1.82) is 0 Å². The van der Waals surface area contributed by atoms with E-state index in [0.717, 1.165) is 11.8 Å². The third-order valence-electron chi connectivity index (χ3n) is 4.72. The van der Waals surface area contributed by atoms with Crippen molar-refractivity contribution < 1.29 is 0 Å². The zero-order valence-corrected chi connectivity index (χ0v) is 12.0. The van der Waals surface area contributed by atoms with E-state index in [0.29, 0.717) is 5.41 Å². The van der Waals surface area contributed by atoms with Crippen LogP contribution in [0.25, 0.3) is 0 Å². The average molecular weight is 222 g/mol. The molecule has 16 heavy (non-hydrogen) atoms. The normalized spacial score (nSPS) is 24.1. The van der Waals surface area contributed by atoms with Crippen molar-refractivity contribution in [2.24, 2.45) is 17.3 Å². The van der Waals surface area contributed by atoms with Crippen molar-refractivity contribution in [3.63, 3.8) is 0 Å². The molecule has 0 saturated heterocycles. The Morgan fingerprint density at radius 3 is 2.62 bits per heavy atom. The van der Waals surface area contributed by atoms with E-state index in [1.807, 2.05) is 0 Å². The quantitative estimate of drug-likeness (QED) is 0.532. The van der Waals surface area contributed by atoms with E-state index in [-0.39, 0.29) is 0 Å². The summed E-state index contributed by atoms with van der Waals surface area (Å²) in [5.74, 6) is 1.87. The molecule has 0 aromatic rings. The fraction of sp³-hybridized carbons (Fsp3) is 0.875. The molecule has 2 unspecified atom stereocenters. The van der Waals surface area contributed by atoms with Gasteiger partial charge in [0.1, 0.15) is 0 Å². The molecular formula is C16H30. The molecule has 0 aromatic heterocycles. The summed E-state index contributed by atoms with van der Waals surface area (Å²) in [6.07, 6.45) is 10.7. The fourth-order valence-electron chi connectivity index (χ4n) is 2.53. The number of allylic oxidation sites excluding steroid dienone is 2. The second kappa shape index (κ2) is 5.89. The molecule has 0 spiro atoms. The van der Waals surface area contributed by atoms with Crippen molar-refractivity contribution in [3.8, 4) is 0 Å². The second-order valence-corrected chi connectivity index (χ2v) is 6.62. The van der Waals surface area contributed by atoms with E-state index in [1.54, 1.807) is 5.57 Å². The predicted octanol–water partition coefficient (Wildman–Crippen LogP) is 5.59. The van der Waals surface area contributed by atoms with Crippen LogP contribution < -0.4 is 0 Å². The van der Waals surface area contributed by atoms with Gasteiger partial charge < -0.3 is 0 Å². The molecule has 0 aliphatic heterocycles. The van der Waals surface area contributed by atoms with Crippen LogP contribution in [0.3, 0.4) is 0 Å². The van der Waals surface area contributed by atoms with E-state index < -0.39 is 0 Å². The van der Waals surface area contributed by atoms with Crippen LogP contribution >= 0.6 is 0 Å². The molecule has 0 bridgehead atoms. The first kappa shape index (κ1) is 13.8. The van der Waals surface area contributed by atoms with Crippen LogP contribution in [0.2, 0.25) is 0 Å². The van der Waals surface area contributed by atoms with E-state index in [1.165, 1.54) is 38.5 Å². The van der Waals surface area contributed by atoms with Gasteiger partial charge >= 0.3 is 0 Å². The van der Waals surface area contributed by atoms with E-state index in [9.17, 15) is 0 Å². The molecule has 0 aromatic carbocycles. The molecule has 2 atom stereocenters. The molecule has 0 nitrogen and oxygen atoms in total. The van der Waals surface area contributed by atoms with Gasteiger partial charge in [0.15, 0.2) is 0 Å². The third-order valence-corrected chi connectivity index (χ3v) is 4.72. The number of hydrogen-bond acceptors (Lipinski definition) is 0. The van der Waals surface area contributed by atoms with E-state index in [4.69, 9.17) is 0 Å². The van der Waals surface area contributed by atoms with Crippen molar-refractivity contribution in [3.05, 3.63) is 11.6 Å². The highest BCUT2D eigenvalue weighted by Gasteiger charge is 2.22. The summed E-state index contributed by atoms with van der Waals surface area (Å²) in [5, 5.41) is 0. The maximum absolute atomic E-state index is 2.47. The molecule has 94 valence electrons. The molecular weight excluding hydrogens is 192 g/mol. The Kier molecular flexibility index (Phi) is 5.08. The molecule has 0 fully saturated rings. The van der Waals surface area contributed by atoms with Gasteiger partial charge in [0.2, 0.25) is 0 Å². The van der Waals surface area contributed by atoms with Crippen LogP contribution in [0.5, 0.6) is 0 Å². The first-order chi connectivity index (χ1) is 7.44. The minimum Gasteiger partial charge on any atom is -0.0853 e. The third kappa shape index (κ3) is 4.31. The predicted molar refractivity (Wildman–Crippen MR) is 73.6 cm³/mol. The fourth-order valence-corrected chi connectivity index (χ4v) is 2.53. The topological polar surface area (TPSA) is 0 Å². The molecule has 0 radical (unpaired) electrons. The Morgan fingerprint density at radius 1 is 1.44 bits per heavy atom. The monoisotopic (exact) mass is 222 g/mol. The Balaban J connectivity index is 2.33. The van der Waals surface area contributed by atoms with E-state index in [2.05, 4.69) is 40.7 Å². The zero-order valence-electron chi connectivity index (χ0n) is 12.0. The van der Waals surface area contributed by atoms with Crippen LogP contribution in [0.4, 0.5) is 0 Å². The maximum atomic E-state index is 2.47. The second-order valence-electron chi connectivity index (χ2n) is 6.62. The summed E-state index contributed by atoms with van der Waals surface area (Å²) in [6, 6.07) is 0. The Morgan fingerprint density at radius 2 is 2.12 bits per heavy atom. The van der Waals surface area contributed by atoms with Crippen molar-refractivity contribution in [1.82, 2.24) is 0 Å². The number of rotatable bonds is 5. The summed E-state index contributed by atoms with van der Waals surface area (Å²) in [4.78, 5) is 0. The minimum atomic E-state index is 0.550. The largest absolute Gasteiger partial charge is 0.0853 e. The molecule has 0 amide bonds. The molecule has 0 saturated carbocycles. The van der Waals surface area contributed by atoms with E-state index >= 15 is 0 Å². The molecule has 0 N–H and O–H groups in total. The maximum Gasteiger partial charge on any atom is -0.0317 e. The first-order valence-corrected chi connectivity index (χ1v) is 7.10. The van der Waals surface area contributed by atoms with Crippen LogP contribution in [0, 0.1) is 17.3 Å². The van der Waals surface area contributed by atoms with Crippen molar-refractivity contribution in [2.45, 2.75) is 73.1 Å². The van der Waals surface area contributed by atoms with Gasteiger partial charge in [-0.3, -0.25) is 0 Å². The van der Waals surface area contributed by atoms with Gasteiger partial charge in [0.25, 0.3) is 0 Å².